The monoisotopic (exact) mass is 386 g/mol. The van der Waals surface area contributed by atoms with E-state index in [1.54, 1.807) is 0 Å². The number of ether oxygens (including phenoxy) is 1. The summed E-state index contributed by atoms with van der Waals surface area (Å²) >= 11 is 0. The molecule has 0 amide bonds. The molecule has 1 aliphatic rings. The van der Waals surface area contributed by atoms with E-state index in [9.17, 15) is 4.79 Å². The molecule has 28 heavy (non-hydrogen) atoms. The van der Waals surface area contributed by atoms with Crippen LogP contribution in [0.4, 0.5) is 0 Å². The molecule has 1 N–H and O–H groups in total. The Labute approximate surface area is 172 Å². The van der Waals surface area contributed by atoms with Crippen LogP contribution >= 0.6 is 0 Å². The fraction of sp³-hybridized carbons (Fsp3) is 0.720. The summed E-state index contributed by atoms with van der Waals surface area (Å²) in [6.45, 7) is 2.15. The van der Waals surface area contributed by atoms with Crippen molar-refractivity contribution in [3.63, 3.8) is 0 Å². The topological polar surface area (TPSA) is 46.5 Å². The number of unbranched alkanes of at least 4 members (excludes halogenated alkanes) is 10. The molecule has 0 spiro atoms. The molecule has 0 aromatic heterocycles. The molecule has 1 fully saturated rings. The van der Waals surface area contributed by atoms with Crippen LogP contribution in [0.5, 0.6) is 0 Å². The van der Waals surface area contributed by atoms with Crippen LogP contribution in [0.25, 0.3) is 0 Å². The lowest BCUT2D eigenvalue weighted by atomic mass is 9.97. The molecule has 2 atom stereocenters. The maximum atomic E-state index is 11.6. The second-order valence-electron chi connectivity index (χ2n) is 7.66. The number of rotatable bonds is 14. The zero-order chi connectivity index (χ0) is 20.3. The average molecular weight is 387 g/mol. The summed E-state index contributed by atoms with van der Waals surface area (Å²) in [6, 6.07) is 0. The molecule has 0 bridgehead atoms. The van der Waals surface area contributed by atoms with Crippen molar-refractivity contribution in [1.82, 2.24) is 0 Å². The normalized spacial score (nSPS) is 18.4. The quantitative estimate of drug-likeness (QED) is 0.241. The Morgan fingerprint density at radius 2 is 1.75 bits per heavy atom. The first-order valence-corrected chi connectivity index (χ1v) is 11.2. The van der Waals surface area contributed by atoms with E-state index in [1.807, 2.05) is 6.08 Å². The Morgan fingerprint density at radius 1 is 1.04 bits per heavy atom. The highest BCUT2D eigenvalue weighted by molar-refractivity contribution is 5.74. The standard InChI is InChI=1S/C25H38O3/c1-2-3-4-5-6-7-8-9-10-11-12-13-14-15-16-17-18-19-20-23-21-24(22-26)28-25(23)27/h5-6,23-24,26H,2-4,11-22H2,1H3. The third-order valence-electron chi connectivity index (χ3n) is 5.12. The minimum absolute atomic E-state index is 0.0139. The Bertz CT molecular complexity index is 556. The maximum Gasteiger partial charge on any atom is 0.309 e. The number of carbonyl (C=O) groups is 1. The summed E-state index contributed by atoms with van der Waals surface area (Å²) in [4.78, 5) is 11.6. The van der Waals surface area contributed by atoms with Gasteiger partial charge in [0, 0.05) is 6.42 Å². The van der Waals surface area contributed by atoms with Gasteiger partial charge in [0.15, 0.2) is 0 Å². The van der Waals surface area contributed by atoms with Crippen LogP contribution in [0, 0.1) is 29.6 Å². The van der Waals surface area contributed by atoms with Gasteiger partial charge in [-0.3, -0.25) is 4.79 Å². The minimum Gasteiger partial charge on any atom is -0.460 e. The van der Waals surface area contributed by atoms with Gasteiger partial charge in [0.2, 0.25) is 0 Å². The van der Waals surface area contributed by atoms with E-state index >= 15 is 0 Å². The number of carbonyl (C=O) groups excluding carboxylic acids is 1. The van der Waals surface area contributed by atoms with Gasteiger partial charge in [-0.05, 0) is 43.6 Å². The highest BCUT2D eigenvalue weighted by Gasteiger charge is 2.33. The number of hydrogen-bond acceptors (Lipinski definition) is 3. The zero-order valence-electron chi connectivity index (χ0n) is 17.7. The van der Waals surface area contributed by atoms with Crippen molar-refractivity contribution in [1.29, 1.82) is 0 Å². The van der Waals surface area contributed by atoms with E-state index in [1.165, 1.54) is 51.4 Å². The number of cyclic esters (lactones) is 1. The molecule has 2 unspecified atom stereocenters. The van der Waals surface area contributed by atoms with Crippen LogP contribution in [0.2, 0.25) is 0 Å². The molecular weight excluding hydrogens is 348 g/mol. The van der Waals surface area contributed by atoms with E-state index in [4.69, 9.17) is 9.84 Å². The highest BCUT2D eigenvalue weighted by atomic mass is 16.6. The predicted octanol–water partition coefficient (Wildman–Crippen LogP) is 5.56. The van der Waals surface area contributed by atoms with Gasteiger partial charge in [-0.15, -0.1) is 0 Å². The van der Waals surface area contributed by atoms with Crippen molar-refractivity contribution >= 4 is 5.97 Å². The SMILES string of the molecule is CCCCC=CC#CC#CCCCCCCCCCCC1CC(CO)OC1=O. The van der Waals surface area contributed by atoms with E-state index < -0.39 is 0 Å². The van der Waals surface area contributed by atoms with Gasteiger partial charge in [0.25, 0.3) is 0 Å². The third kappa shape index (κ3) is 12.6. The molecule has 1 aliphatic heterocycles. The largest absolute Gasteiger partial charge is 0.460 e. The van der Waals surface area contributed by atoms with E-state index in [0.717, 1.165) is 32.1 Å². The summed E-state index contributed by atoms with van der Waals surface area (Å²) in [5, 5.41) is 9.04. The van der Waals surface area contributed by atoms with Gasteiger partial charge in [-0.1, -0.05) is 82.6 Å². The van der Waals surface area contributed by atoms with Crippen molar-refractivity contribution < 1.29 is 14.6 Å². The number of aliphatic hydroxyl groups is 1. The first-order chi connectivity index (χ1) is 13.8. The molecule has 0 aromatic carbocycles. The van der Waals surface area contributed by atoms with Gasteiger partial charge in [0.1, 0.15) is 6.10 Å². The van der Waals surface area contributed by atoms with Crippen LogP contribution in [0.15, 0.2) is 12.2 Å². The van der Waals surface area contributed by atoms with Crippen LogP contribution < -0.4 is 0 Å². The lowest BCUT2D eigenvalue weighted by Gasteiger charge is -2.05. The van der Waals surface area contributed by atoms with Gasteiger partial charge < -0.3 is 9.84 Å². The summed E-state index contributed by atoms with van der Waals surface area (Å²) < 4.78 is 5.10. The van der Waals surface area contributed by atoms with Crippen molar-refractivity contribution in [3.05, 3.63) is 12.2 Å². The molecule has 0 aliphatic carbocycles. The summed E-state index contributed by atoms with van der Waals surface area (Å²) in [5.41, 5.74) is 0. The molecule has 0 aromatic rings. The number of hydrogen-bond donors (Lipinski definition) is 1. The first kappa shape index (κ1) is 24.3. The lowest BCUT2D eigenvalue weighted by molar-refractivity contribution is -0.145. The Morgan fingerprint density at radius 3 is 2.43 bits per heavy atom. The van der Waals surface area contributed by atoms with Gasteiger partial charge >= 0.3 is 5.97 Å². The highest BCUT2D eigenvalue weighted by Crippen LogP contribution is 2.26. The van der Waals surface area contributed by atoms with Crippen molar-refractivity contribution in [3.8, 4) is 23.7 Å². The van der Waals surface area contributed by atoms with E-state index in [2.05, 4.69) is 36.7 Å². The molecular formula is C25H38O3. The second-order valence-corrected chi connectivity index (χ2v) is 7.66. The third-order valence-corrected chi connectivity index (χ3v) is 5.12. The van der Waals surface area contributed by atoms with E-state index in [-0.39, 0.29) is 24.6 Å². The molecule has 3 heteroatoms. The second kappa shape index (κ2) is 17.4. The van der Waals surface area contributed by atoms with E-state index in [0.29, 0.717) is 6.42 Å². The summed E-state index contributed by atoms with van der Waals surface area (Å²) in [7, 11) is 0. The van der Waals surface area contributed by atoms with Crippen LogP contribution in [0.1, 0.15) is 96.8 Å². The molecule has 0 radical (unpaired) electrons. The van der Waals surface area contributed by atoms with Gasteiger partial charge in [-0.25, -0.2) is 0 Å². The summed E-state index contributed by atoms with van der Waals surface area (Å²) in [5.74, 6) is 11.8. The van der Waals surface area contributed by atoms with Crippen molar-refractivity contribution in [2.75, 3.05) is 6.61 Å². The van der Waals surface area contributed by atoms with Crippen LogP contribution in [-0.4, -0.2) is 23.8 Å². The Kier molecular flexibility index (Phi) is 15.1. The van der Waals surface area contributed by atoms with Crippen molar-refractivity contribution in [2.45, 2.75) is 103 Å². The molecule has 1 rings (SSSR count). The minimum atomic E-state index is -0.262. The molecule has 3 nitrogen and oxygen atoms in total. The lowest BCUT2D eigenvalue weighted by Crippen LogP contribution is -2.10. The maximum absolute atomic E-state index is 11.6. The summed E-state index contributed by atoms with van der Waals surface area (Å²) in [6.07, 6.45) is 19.6. The fourth-order valence-electron chi connectivity index (χ4n) is 3.38. The molecule has 1 saturated heterocycles. The number of esters is 1. The van der Waals surface area contributed by atoms with Crippen LogP contribution in [-0.2, 0) is 9.53 Å². The smallest absolute Gasteiger partial charge is 0.309 e. The fourth-order valence-corrected chi connectivity index (χ4v) is 3.38. The predicted molar refractivity (Wildman–Crippen MR) is 115 cm³/mol. The Hall–Kier alpha value is -1.71. The first-order valence-electron chi connectivity index (χ1n) is 11.2. The Balaban J connectivity index is 1.86. The number of aliphatic hydroxyl groups excluding tert-OH is 1. The molecule has 0 saturated carbocycles. The zero-order valence-corrected chi connectivity index (χ0v) is 17.7. The number of allylic oxidation sites excluding steroid dienone is 2. The van der Waals surface area contributed by atoms with Crippen molar-refractivity contribution in [2.24, 2.45) is 5.92 Å². The van der Waals surface area contributed by atoms with Gasteiger partial charge in [0.05, 0.1) is 12.5 Å². The van der Waals surface area contributed by atoms with Gasteiger partial charge in [-0.2, -0.15) is 0 Å². The average Bonchev–Trinajstić information content (AvgIpc) is 3.07. The molecule has 156 valence electrons. The van der Waals surface area contributed by atoms with Crippen LogP contribution in [0.3, 0.4) is 0 Å². The molecule has 1 heterocycles.